The van der Waals surface area contributed by atoms with E-state index in [1.165, 1.54) is 22.3 Å². The van der Waals surface area contributed by atoms with Crippen LogP contribution in [0.2, 0.25) is 4.34 Å². The van der Waals surface area contributed by atoms with E-state index in [0.717, 1.165) is 34.9 Å². The van der Waals surface area contributed by atoms with Gasteiger partial charge in [0, 0.05) is 15.0 Å². The number of rotatable bonds is 2. The largest absolute Gasteiger partial charge is 0.416 e. The Morgan fingerprint density at radius 3 is 2.76 bits per heavy atom. The standard InChI is InChI=1S/C14H10BrClF3NS/c15-9-2-1-7(14(17,18)19)5-11(9)20-10-3-4-12-8(10)6-13(16)21-12/h1-2,5-6,10,20H,3-4H2. The van der Waals surface area contributed by atoms with E-state index in [1.54, 1.807) is 0 Å². The number of thiophene rings is 1. The second kappa shape index (κ2) is 5.48. The first kappa shape index (κ1) is 15.2. The summed E-state index contributed by atoms with van der Waals surface area (Å²) in [6.07, 6.45) is -2.58. The maximum atomic E-state index is 12.8. The molecule has 2 aromatic rings. The van der Waals surface area contributed by atoms with Crippen LogP contribution in [0.3, 0.4) is 0 Å². The zero-order chi connectivity index (χ0) is 15.2. The molecule has 1 nitrogen and oxygen atoms in total. The lowest BCUT2D eigenvalue weighted by Crippen LogP contribution is -2.10. The number of nitrogens with one attached hydrogen (secondary N) is 1. The summed E-state index contributed by atoms with van der Waals surface area (Å²) in [6, 6.07) is 5.52. The molecule has 1 N–H and O–H groups in total. The third kappa shape index (κ3) is 3.07. The highest BCUT2D eigenvalue weighted by Crippen LogP contribution is 2.42. The van der Waals surface area contributed by atoms with Gasteiger partial charge in [0.05, 0.1) is 15.9 Å². The third-order valence-corrected chi connectivity index (χ3v) is 5.50. The van der Waals surface area contributed by atoms with E-state index in [9.17, 15) is 13.2 Å². The molecule has 0 saturated carbocycles. The summed E-state index contributed by atoms with van der Waals surface area (Å²) in [5, 5.41) is 3.19. The molecule has 1 aliphatic carbocycles. The number of halogens is 5. The number of alkyl halides is 3. The van der Waals surface area contributed by atoms with Gasteiger partial charge in [0.25, 0.3) is 0 Å². The lowest BCUT2D eigenvalue weighted by molar-refractivity contribution is -0.137. The molecule has 0 fully saturated rings. The number of hydrogen-bond acceptors (Lipinski definition) is 2. The Balaban J connectivity index is 1.89. The fourth-order valence-corrected chi connectivity index (χ4v) is 4.20. The van der Waals surface area contributed by atoms with Gasteiger partial charge in [0.2, 0.25) is 0 Å². The van der Waals surface area contributed by atoms with Gasteiger partial charge in [-0.3, -0.25) is 0 Å². The van der Waals surface area contributed by atoms with Crippen molar-refractivity contribution in [2.45, 2.75) is 25.1 Å². The van der Waals surface area contributed by atoms with Crippen LogP contribution < -0.4 is 5.32 Å². The van der Waals surface area contributed by atoms with Crippen LogP contribution in [0.15, 0.2) is 28.7 Å². The van der Waals surface area contributed by atoms with Crippen LogP contribution in [0.25, 0.3) is 0 Å². The summed E-state index contributed by atoms with van der Waals surface area (Å²) in [6.45, 7) is 0. The van der Waals surface area contributed by atoms with Crippen LogP contribution in [-0.2, 0) is 12.6 Å². The summed E-state index contributed by atoms with van der Waals surface area (Å²) in [7, 11) is 0. The average Bonchev–Trinajstić information content (AvgIpc) is 2.91. The SMILES string of the molecule is FC(F)(F)c1ccc(Br)c(NC2CCc3sc(Cl)cc32)c1. The van der Waals surface area contributed by atoms with Crippen LogP contribution in [-0.4, -0.2) is 0 Å². The van der Waals surface area contributed by atoms with Gasteiger partial charge in [-0.15, -0.1) is 11.3 Å². The van der Waals surface area contributed by atoms with Crippen molar-refractivity contribution in [3.8, 4) is 0 Å². The van der Waals surface area contributed by atoms with Crippen molar-refractivity contribution in [3.63, 3.8) is 0 Å². The Morgan fingerprint density at radius 2 is 2.05 bits per heavy atom. The van der Waals surface area contributed by atoms with Gasteiger partial charge in [-0.1, -0.05) is 11.6 Å². The Hall–Kier alpha value is -0.720. The predicted octanol–water partition coefficient (Wildman–Crippen LogP) is 6.28. The van der Waals surface area contributed by atoms with Gasteiger partial charge in [-0.2, -0.15) is 13.2 Å². The molecule has 0 radical (unpaired) electrons. The minimum Gasteiger partial charge on any atom is -0.377 e. The Bertz CT molecular complexity index is 683. The molecule has 0 saturated heterocycles. The van der Waals surface area contributed by atoms with Crippen molar-refractivity contribution in [1.82, 2.24) is 0 Å². The summed E-state index contributed by atoms with van der Waals surface area (Å²) < 4.78 is 39.7. The molecule has 112 valence electrons. The minimum atomic E-state index is -4.34. The van der Waals surface area contributed by atoms with Crippen LogP contribution >= 0.6 is 38.9 Å². The second-order valence-corrected chi connectivity index (χ2v) is 7.48. The molecule has 1 aliphatic rings. The van der Waals surface area contributed by atoms with E-state index in [2.05, 4.69) is 21.2 Å². The van der Waals surface area contributed by atoms with Gasteiger partial charge in [-0.25, -0.2) is 0 Å². The van der Waals surface area contributed by atoms with E-state index in [1.807, 2.05) is 6.07 Å². The fourth-order valence-electron chi connectivity index (χ4n) is 2.48. The maximum Gasteiger partial charge on any atom is 0.416 e. The molecular formula is C14H10BrClF3NS. The Morgan fingerprint density at radius 1 is 1.29 bits per heavy atom. The van der Waals surface area contributed by atoms with Crippen molar-refractivity contribution in [2.24, 2.45) is 0 Å². The second-order valence-electron chi connectivity index (χ2n) is 4.86. The highest BCUT2D eigenvalue weighted by atomic mass is 79.9. The lowest BCUT2D eigenvalue weighted by atomic mass is 10.1. The smallest absolute Gasteiger partial charge is 0.377 e. The molecule has 0 spiro atoms. The molecule has 21 heavy (non-hydrogen) atoms. The van der Waals surface area contributed by atoms with E-state index in [4.69, 9.17) is 11.6 Å². The monoisotopic (exact) mass is 395 g/mol. The Labute approximate surface area is 137 Å². The molecule has 0 amide bonds. The number of anilines is 1. The van der Waals surface area contributed by atoms with Crippen LogP contribution in [0.1, 0.15) is 28.5 Å². The molecule has 1 unspecified atom stereocenters. The summed E-state index contributed by atoms with van der Waals surface area (Å²) in [4.78, 5) is 1.21. The number of benzene rings is 1. The van der Waals surface area contributed by atoms with E-state index in [0.29, 0.717) is 10.2 Å². The third-order valence-electron chi connectivity index (χ3n) is 3.47. The van der Waals surface area contributed by atoms with Crippen LogP contribution in [0, 0.1) is 0 Å². The number of aryl methyl sites for hydroxylation is 1. The van der Waals surface area contributed by atoms with Crippen molar-refractivity contribution >= 4 is 44.6 Å². The van der Waals surface area contributed by atoms with Gasteiger partial charge in [-0.05, 0) is 58.6 Å². The van der Waals surface area contributed by atoms with Crippen molar-refractivity contribution in [1.29, 1.82) is 0 Å². The first-order valence-corrected chi connectivity index (χ1v) is 8.25. The lowest BCUT2D eigenvalue weighted by Gasteiger charge is -2.17. The molecule has 1 aromatic heterocycles. The van der Waals surface area contributed by atoms with Crippen molar-refractivity contribution < 1.29 is 13.2 Å². The zero-order valence-corrected chi connectivity index (χ0v) is 13.8. The van der Waals surface area contributed by atoms with Gasteiger partial charge >= 0.3 is 6.18 Å². The van der Waals surface area contributed by atoms with Gasteiger partial charge < -0.3 is 5.32 Å². The van der Waals surface area contributed by atoms with E-state index < -0.39 is 11.7 Å². The normalized spacial score (nSPS) is 17.9. The number of hydrogen-bond donors (Lipinski definition) is 1. The maximum absolute atomic E-state index is 12.8. The van der Waals surface area contributed by atoms with E-state index >= 15 is 0 Å². The van der Waals surface area contributed by atoms with Gasteiger partial charge in [0.15, 0.2) is 0 Å². The highest BCUT2D eigenvalue weighted by Gasteiger charge is 2.32. The highest BCUT2D eigenvalue weighted by molar-refractivity contribution is 9.10. The minimum absolute atomic E-state index is 0.00327. The molecule has 1 heterocycles. The topological polar surface area (TPSA) is 12.0 Å². The number of fused-ring (bicyclic) bond motifs is 1. The molecular weight excluding hydrogens is 387 g/mol. The molecule has 1 atom stereocenters. The average molecular weight is 397 g/mol. The first-order valence-electron chi connectivity index (χ1n) is 6.26. The summed E-state index contributed by atoms with van der Waals surface area (Å²) in [5.74, 6) is 0. The van der Waals surface area contributed by atoms with Crippen molar-refractivity contribution in [3.05, 3.63) is 49.1 Å². The molecule has 0 bridgehead atoms. The summed E-state index contributed by atoms with van der Waals surface area (Å²) >= 11 is 10.8. The van der Waals surface area contributed by atoms with Gasteiger partial charge in [0.1, 0.15) is 0 Å². The first-order chi connectivity index (χ1) is 9.84. The summed E-state index contributed by atoms with van der Waals surface area (Å²) in [5.41, 5.74) is 0.883. The molecule has 3 rings (SSSR count). The van der Waals surface area contributed by atoms with Crippen LogP contribution in [0.5, 0.6) is 0 Å². The Kier molecular flexibility index (Phi) is 3.96. The van der Waals surface area contributed by atoms with Crippen molar-refractivity contribution in [2.75, 3.05) is 5.32 Å². The quantitative estimate of drug-likeness (QED) is 0.629. The molecule has 1 aromatic carbocycles. The fraction of sp³-hybridized carbons (Fsp3) is 0.286. The molecule has 7 heteroatoms. The molecule has 0 aliphatic heterocycles. The van der Waals surface area contributed by atoms with Crippen LogP contribution in [0.4, 0.5) is 18.9 Å². The van der Waals surface area contributed by atoms with E-state index in [-0.39, 0.29) is 6.04 Å². The predicted molar refractivity (Wildman–Crippen MR) is 83.2 cm³/mol. The zero-order valence-electron chi connectivity index (χ0n) is 10.6.